The predicted octanol–water partition coefficient (Wildman–Crippen LogP) is 2.51. The van der Waals surface area contributed by atoms with Gasteiger partial charge in [0.25, 0.3) is 0 Å². The van der Waals surface area contributed by atoms with E-state index >= 15 is 0 Å². The highest BCUT2D eigenvalue weighted by Crippen LogP contribution is 2.16. The van der Waals surface area contributed by atoms with E-state index in [1.807, 2.05) is 0 Å². The van der Waals surface area contributed by atoms with E-state index < -0.39 is 23.1 Å². The van der Waals surface area contributed by atoms with Crippen LogP contribution in [0.4, 0.5) is 8.78 Å². The van der Waals surface area contributed by atoms with E-state index in [0.29, 0.717) is 11.5 Å². The minimum absolute atomic E-state index is 0.0950. The summed E-state index contributed by atoms with van der Waals surface area (Å²) in [6.07, 6.45) is -4.25. The summed E-state index contributed by atoms with van der Waals surface area (Å²) >= 11 is 3.03. The first kappa shape index (κ1) is 27.4. The molecule has 0 radical (unpaired) electrons. The van der Waals surface area contributed by atoms with Crippen LogP contribution in [0.3, 0.4) is 0 Å². The summed E-state index contributed by atoms with van der Waals surface area (Å²) in [5, 5.41) is 0. The summed E-state index contributed by atoms with van der Waals surface area (Å²) in [5.74, 6) is 2.49. The molecule has 164 valence electrons. The Bertz CT molecular complexity index is 459. The first-order valence-electron chi connectivity index (χ1n) is 8.86. The molecule has 0 fully saturated rings. The second kappa shape index (κ2) is 12.8. The fourth-order valence-electron chi connectivity index (χ4n) is 1.61. The average molecular weight is 455 g/mol. The van der Waals surface area contributed by atoms with Crippen molar-refractivity contribution in [3.05, 3.63) is 0 Å². The SMILES string of the molecule is C[N+](C)(C)CCSCCC(F)OS(=O)(=O)OC(F)CCSCC[N+](C)(C)C. The van der Waals surface area contributed by atoms with Crippen LogP contribution in [0.2, 0.25) is 0 Å². The van der Waals surface area contributed by atoms with Gasteiger partial charge in [-0.25, -0.2) is 17.1 Å². The van der Waals surface area contributed by atoms with E-state index in [1.165, 1.54) is 23.5 Å². The Hall–Kier alpha value is 0.350. The maximum Gasteiger partial charge on any atom is 0.405 e. The largest absolute Gasteiger partial charge is 0.405 e. The average Bonchev–Trinajstić information content (AvgIpc) is 2.42. The summed E-state index contributed by atoms with van der Waals surface area (Å²) in [4.78, 5) is 0. The van der Waals surface area contributed by atoms with E-state index in [0.717, 1.165) is 33.6 Å². The van der Waals surface area contributed by atoms with E-state index in [4.69, 9.17) is 0 Å². The summed E-state index contributed by atoms with van der Waals surface area (Å²) in [6.45, 7) is 1.83. The van der Waals surface area contributed by atoms with Gasteiger partial charge in [-0.05, 0) is 11.5 Å². The number of halogens is 2. The van der Waals surface area contributed by atoms with Crippen molar-refractivity contribution in [1.29, 1.82) is 0 Å². The number of thioether (sulfide) groups is 2. The molecule has 2 unspecified atom stereocenters. The monoisotopic (exact) mass is 454 g/mol. The molecule has 0 aromatic heterocycles. The third kappa shape index (κ3) is 19.4. The Morgan fingerprint density at radius 2 is 1.07 bits per heavy atom. The third-order valence-electron chi connectivity index (χ3n) is 3.24. The van der Waals surface area contributed by atoms with Crippen molar-refractivity contribution >= 4 is 33.9 Å². The smallest absolute Gasteiger partial charge is 0.330 e. The molecule has 0 saturated heterocycles. The van der Waals surface area contributed by atoms with E-state index in [9.17, 15) is 17.2 Å². The zero-order valence-electron chi connectivity index (χ0n) is 17.3. The summed E-state index contributed by atoms with van der Waals surface area (Å²) in [6, 6.07) is 0. The van der Waals surface area contributed by atoms with Gasteiger partial charge < -0.3 is 8.97 Å². The van der Waals surface area contributed by atoms with Crippen LogP contribution in [0.5, 0.6) is 0 Å². The number of quaternary nitrogens is 2. The van der Waals surface area contributed by atoms with Crippen molar-refractivity contribution in [3.63, 3.8) is 0 Å². The lowest BCUT2D eigenvalue weighted by Crippen LogP contribution is -2.36. The maximum absolute atomic E-state index is 13.6. The van der Waals surface area contributed by atoms with Gasteiger partial charge in [-0.15, -0.1) is 0 Å². The third-order valence-corrected chi connectivity index (χ3v) is 6.12. The van der Waals surface area contributed by atoms with Gasteiger partial charge in [0.2, 0.25) is 12.7 Å². The van der Waals surface area contributed by atoms with Crippen LogP contribution < -0.4 is 0 Å². The van der Waals surface area contributed by atoms with Crippen molar-refractivity contribution < 1.29 is 34.5 Å². The molecule has 0 amide bonds. The molecule has 0 rings (SSSR count). The van der Waals surface area contributed by atoms with Gasteiger partial charge in [0.05, 0.1) is 55.4 Å². The highest BCUT2D eigenvalue weighted by molar-refractivity contribution is 7.99. The van der Waals surface area contributed by atoms with Crippen LogP contribution >= 0.6 is 23.5 Å². The molecule has 0 bridgehead atoms. The van der Waals surface area contributed by atoms with Crippen molar-refractivity contribution in [2.45, 2.75) is 25.6 Å². The zero-order valence-corrected chi connectivity index (χ0v) is 19.8. The number of nitrogens with zero attached hydrogens (tertiary/aromatic N) is 2. The highest BCUT2D eigenvalue weighted by atomic mass is 32.3. The normalized spacial score (nSPS) is 15.7. The van der Waals surface area contributed by atoms with Gasteiger partial charge in [0.1, 0.15) is 0 Å². The van der Waals surface area contributed by atoms with E-state index in [-0.39, 0.29) is 12.8 Å². The molecular formula is C16H36F2N2O4S3+2. The lowest BCUT2D eigenvalue weighted by atomic mass is 10.5. The minimum atomic E-state index is -4.69. The lowest BCUT2D eigenvalue weighted by molar-refractivity contribution is -0.867. The van der Waals surface area contributed by atoms with Crippen LogP contribution in [-0.2, 0) is 18.8 Å². The fourth-order valence-corrected chi connectivity index (χ4v) is 4.82. The molecule has 6 nitrogen and oxygen atoms in total. The van der Waals surface area contributed by atoms with Gasteiger partial charge in [0, 0.05) is 24.3 Å². The van der Waals surface area contributed by atoms with Crippen LogP contribution in [0, 0.1) is 0 Å². The highest BCUT2D eigenvalue weighted by Gasteiger charge is 2.24. The van der Waals surface area contributed by atoms with Crippen molar-refractivity contribution in [2.75, 3.05) is 78.4 Å². The number of alkyl halides is 2. The molecule has 11 heteroatoms. The Labute approximate surface area is 172 Å². The predicted molar refractivity (Wildman–Crippen MR) is 111 cm³/mol. The molecule has 0 aromatic carbocycles. The first-order chi connectivity index (χ1) is 12.2. The molecule has 0 spiro atoms. The summed E-state index contributed by atoms with van der Waals surface area (Å²) in [7, 11) is 7.65. The Kier molecular flexibility index (Phi) is 13.0. The van der Waals surface area contributed by atoms with Gasteiger partial charge >= 0.3 is 10.4 Å². The Morgan fingerprint density at radius 1 is 0.741 bits per heavy atom. The maximum atomic E-state index is 13.6. The quantitative estimate of drug-likeness (QED) is 0.264. The Balaban J connectivity index is 3.93. The summed E-state index contributed by atoms with van der Waals surface area (Å²) in [5.41, 5.74) is 0. The van der Waals surface area contributed by atoms with Crippen LogP contribution in [0.1, 0.15) is 12.8 Å². The molecule has 0 aromatic rings. The van der Waals surface area contributed by atoms with Crippen molar-refractivity contribution in [2.24, 2.45) is 0 Å². The molecule has 0 heterocycles. The summed E-state index contributed by atoms with van der Waals surface area (Å²) < 4.78 is 60.5. The first-order valence-corrected chi connectivity index (χ1v) is 12.5. The van der Waals surface area contributed by atoms with Gasteiger partial charge in [-0.1, -0.05) is 0 Å². The molecular weight excluding hydrogens is 418 g/mol. The molecule has 0 saturated carbocycles. The van der Waals surface area contributed by atoms with Gasteiger partial charge in [-0.3, -0.25) is 0 Å². The Morgan fingerprint density at radius 3 is 1.37 bits per heavy atom. The number of hydrogen-bond acceptors (Lipinski definition) is 6. The van der Waals surface area contributed by atoms with Crippen LogP contribution in [0.15, 0.2) is 0 Å². The van der Waals surface area contributed by atoms with E-state index in [2.05, 4.69) is 50.7 Å². The van der Waals surface area contributed by atoms with E-state index in [1.54, 1.807) is 0 Å². The molecule has 0 N–H and O–H groups in total. The van der Waals surface area contributed by atoms with Gasteiger partial charge in [-0.2, -0.15) is 31.9 Å². The number of hydrogen-bond donors (Lipinski definition) is 0. The van der Waals surface area contributed by atoms with Crippen molar-refractivity contribution in [3.8, 4) is 0 Å². The zero-order chi connectivity index (χ0) is 21.1. The van der Waals surface area contributed by atoms with Crippen LogP contribution in [-0.4, -0.2) is 108 Å². The molecule has 2 atom stereocenters. The second-order valence-corrected chi connectivity index (χ2v) is 11.9. The minimum Gasteiger partial charge on any atom is -0.330 e. The van der Waals surface area contributed by atoms with Gasteiger partial charge in [0.15, 0.2) is 0 Å². The lowest BCUT2D eigenvalue weighted by Gasteiger charge is -2.23. The second-order valence-electron chi connectivity index (χ2n) is 8.25. The van der Waals surface area contributed by atoms with Crippen molar-refractivity contribution in [1.82, 2.24) is 0 Å². The van der Waals surface area contributed by atoms with Crippen LogP contribution in [0.25, 0.3) is 0 Å². The topological polar surface area (TPSA) is 52.6 Å². The molecule has 27 heavy (non-hydrogen) atoms. The number of rotatable bonds is 16. The molecule has 0 aliphatic rings. The standard InChI is InChI=1S/C16H36F2N2O4S3/c1-19(2,3)9-13-25-11-7-15(17)23-27(21,22)24-16(18)8-12-26-14-10-20(4,5)6/h15-16H,7-14H2,1-6H3/q+2. The molecule has 0 aliphatic carbocycles. The fraction of sp³-hybridized carbons (Fsp3) is 1.00. The molecule has 0 aliphatic heterocycles.